The number of phenolic OH excluding ortho intramolecular Hbond substituents is 1. The summed E-state index contributed by atoms with van der Waals surface area (Å²) in [4.78, 5) is 50.7. The average Bonchev–Trinajstić information content (AvgIpc) is 2.80. The zero-order chi connectivity index (χ0) is 28.3. The minimum Gasteiger partial charge on any atom is -0.508 e. The van der Waals surface area contributed by atoms with E-state index in [4.69, 9.17) is 9.84 Å². The maximum absolute atomic E-state index is 12.8. The van der Waals surface area contributed by atoms with E-state index in [1.54, 1.807) is 12.1 Å². The van der Waals surface area contributed by atoms with Gasteiger partial charge in [-0.05, 0) is 53.7 Å². The lowest BCUT2D eigenvalue weighted by molar-refractivity contribution is -0.757. The number of unbranched alkanes of at least 4 members (excludes halogenated alkanes) is 3. The largest absolute Gasteiger partial charge is 0.508 e. The Labute approximate surface area is 222 Å². The molecule has 1 aromatic rings. The van der Waals surface area contributed by atoms with Crippen molar-refractivity contribution in [2.45, 2.75) is 84.0 Å². The van der Waals surface area contributed by atoms with Crippen LogP contribution in [-0.4, -0.2) is 39.6 Å². The standard InChI is InChI=1S/C28H37NO9/c1-27(2,11-7-5-6-8-12-37-29(35)36)17-13-22(31)26(23(14-17)38-25(34)10-9-24(32)33)18-15-21(30)20-16-19(18)28(20,3)4/h9-10,13-14,18-20,31H,5-8,11-12,15-16H2,1-4H3,(H,32,33)/b10-9+/t18-,19-,20+/m1/s1. The minimum atomic E-state index is -1.29. The zero-order valence-corrected chi connectivity index (χ0v) is 22.4. The first-order valence-corrected chi connectivity index (χ1v) is 13.0. The Hall–Kier alpha value is -3.43. The van der Waals surface area contributed by atoms with Crippen molar-refractivity contribution in [3.63, 3.8) is 0 Å². The van der Waals surface area contributed by atoms with Crippen LogP contribution in [0.15, 0.2) is 24.3 Å². The van der Waals surface area contributed by atoms with Crippen LogP contribution in [-0.2, 0) is 24.6 Å². The first kappa shape index (κ1) is 29.1. The highest BCUT2D eigenvalue weighted by molar-refractivity contribution is 5.92. The van der Waals surface area contributed by atoms with Crippen LogP contribution in [0.4, 0.5) is 0 Å². The summed E-state index contributed by atoms with van der Waals surface area (Å²) in [5, 5.41) is 29.6. The number of carboxylic acid groups (broad SMARTS) is 1. The number of rotatable bonds is 13. The fourth-order valence-electron chi connectivity index (χ4n) is 6.04. The number of Topliss-reactive ketones (excluding diaryl/α,β-unsaturated/α-hetero) is 1. The lowest BCUT2D eigenvalue weighted by Gasteiger charge is -2.59. The number of benzene rings is 1. The zero-order valence-electron chi connectivity index (χ0n) is 22.4. The lowest BCUT2D eigenvalue weighted by Crippen LogP contribution is -2.56. The molecule has 10 heteroatoms. The number of esters is 1. The van der Waals surface area contributed by atoms with Gasteiger partial charge in [-0.1, -0.05) is 47.0 Å². The molecule has 2 bridgehead atoms. The molecular formula is C28H37NO9. The third-order valence-corrected chi connectivity index (χ3v) is 8.38. The maximum Gasteiger partial charge on any atom is 0.336 e. The van der Waals surface area contributed by atoms with Crippen molar-refractivity contribution in [1.29, 1.82) is 0 Å². The molecule has 0 heterocycles. The van der Waals surface area contributed by atoms with Gasteiger partial charge in [-0.15, -0.1) is 10.1 Å². The van der Waals surface area contributed by atoms with Crippen LogP contribution in [0, 0.1) is 27.4 Å². The molecule has 3 saturated carbocycles. The smallest absolute Gasteiger partial charge is 0.336 e. The lowest BCUT2D eigenvalue weighted by atomic mass is 9.44. The molecule has 38 heavy (non-hydrogen) atoms. The molecule has 3 aliphatic rings. The molecule has 0 amide bonds. The van der Waals surface area contributed by atoms with E-state index in [1.807, 2.05) is 13.8 Å². The Morgan fingerprint density at radius 1 is 1.18 bits per heavy atom. The summed E-state index contributed by atoms with van der Waals surface area (Å²) >= 11 is 0. The van der Waals surface area contributed by atoms with Crippen LogP contribution in [0.1, 0.15) is 89.7 Å². The Kier molecular flexibility index (Phi) is 8.84. The van der Waals surface area contributed by atoms with Gasteiger partial charge in [0, 0.05) is 36.0 Å². The van der Waals surface area contributed by atoms with Gasteiger partial charge in [0.15, 0.2) is 0 Å². The molecule has 3 fully saturated rings. The molecule has 0 saturated heterocycles. The van der Waals surface area contributed by atoms with Crippen molar-refractivity contribution >= 4 is 17.7 Å². The Balaban J connectivity index is 1.84. The molecule has 1 aromatic carbocycles. The quantitative estimate of drug-likeness (QED) is 0.0884. The number of fused-ring (bicyclic) bond motifs is 2. The Morgan fingerprint density at radius 3 is 2.47 bits per heavy atom. The molecular weight excluding hydrogens is 494 g/mol. The number of aliphatic carboxylic acids is 1. The van der Waals surface area contributed by atoms with Crippen molar-refractivity contribution < 1.29 is 39.3 Å². The van der Waals surface area contributed by atoms with Crippen LogP contribution in [0.3, 0.4) is 0 Å². The fraction of sp³-hybridized carbons (Fsp3) is 0.607. The molecule has 0 aliphatic heterocycles. The predicted molar refractivity (Wildman–Crippen MR) is 137 cm³/mol. The van der Waals surface area contributed by atoms with Crippen molar-refractivity contribution in [2.75, 3.05) is 6.61 Å². The van der Waals surface area contributed by atoms with Gasteiger partial charge in [0.2, 0.25) is 0 Å². The average molecular weight is 532 g/mol. The number of ether oxygens (including phenoxy) is 1. The van der Waals surface area contributed by atoms with Gasteiger partial charge >= 0.3 is 11.9 Å². The summed E-state index contributed by atoms with van der Waals surface area (Å²) in [6.07, 6.45) is 6.27. The molecule has 3 atom stereocenters. The number of hydrogen-bond donors (Lipinski definition) is 2. The van der Waals surface area contributed by atoms with Gasteiger partial charge in [-0.25, -0.2) is 9.59 Å². The molecule has 3 aliphatic carbocycles. The first-order chi connectivity index (χ1) is 17.7. The van der Waals surface area contributed by atoms with Gasteiger partial charge in [-0.3, -0.25) is 4.79 Å². The third-order valence-electron chi connectivity index (χ3n) is 8.38. The third kappa shape index (κ3) is 6.52. The molecule has 208 valence electrons. The van der Waals surface area contributed by atoms with Gasteiger partial charge in [-0.2, -0.15) is 0 Å². The van der Waals surface area contributed by atoms with Crippen molar-refractivity contribution in [3.05, 3.63) is 45.5 Å². The van der Waals surface area contributed by atoms with Crippen LogP contribution < -0.4 is 4.74 Å². The molecule has 0 spiro atoms. The van der Waals surface area contributed by atoms with E-state index < -0.39 is 22.4 Å². The van der Waals surface area contributed by atoms with Gasteiger partial charge in [0.1, 0.15) is 17.3 Å². The Bertz CT molecular complexity index is 1120. The summed E-state index contributed by atoms with van der Waals surface area (Å²) in [5.74, 6) is -2.11. The van der Waals surface area contributed by atoms with Crippen molar-refractivity contribution in [1.82, 2.24) is 0 Å². The number of carboxylic acids is 1. The van der Waals surface area contributed by atoms with E-state index >= 15 is 0 Å². The molecule has 0 unspecified atom stereocenters. The van der Waals surface area contributed by atoms with Crippen LogP contribution >= 0.6 is 0 Å². The van der Waals surface area contributed by atoms with E-state index in [2.05, 4.69) is 18.7 Å². The number of nitrogens with zero attached hydrogens (tertiary/aromatic N) is 1. The van der Waals surface area contributed by atoms with Crippen LogP contribution in [0.25, 0.3) is 0 Å². The SMILES string of the molecule is CC(C)(CCCCCCO[N+](=O)[O-])c1cc(O)c([C@@H]2CC(=O)[C@@H]3C[C@H]2C3(C)C)c(OC(=O)/C=C/C(=O)O)c1. The monoisotopic (exact) mass is 531 g/mol. The number of ketones is 1. The molecule has 0 radical (unpaired) electrons. The molecule has 0 aromatic heterocycles. The number of carbonyl (C=O) groups is 3. The summed E-state index contributed by atoms with van der Waals surface area (Å²) in [7, 11) is 0. The highest BCUT2D eigenvalue weighted by Gasteiger charge is 2.59. The van der Waals surface area contributed by atoms with Gasteiger partial charge < -0.3 is 19.8 Å². The summed E-state index contributed by atoms with van der Waals surface area (Å²) in [6.45, 7) is 8.19. The van der Waals surface area contributed by atoms with Crippen LogP contribution in [0.5, 0.6) is 11.5 Å². The summed E-state index contributed by atoms with van der Waals surface area (Å²) in [5.41, 5.74) is 0.527. The highest BCUT2D eigenvalue weighted by Crippen LogP contribution is 2.64. The molecule has 4 rings (SSSR count). The Morgan fingerprint density at radius 2 is 1.87 bits per heavy atom. The number of hydrogen-bond acceptors (Lipinski definition) is 8. The van der Waals surface area contributed by atoms with E-state index in [1.165, 1.54) is 0 Å². The van der Waals surface area contributed by atoms with E-state index in [0.717, 1.165) is 43.7 Å². The second-order valence-corrected chi connectivity index (χ2v) is 11.6. The second-order valence-electron chi connectivity index (χ2n) is 11.6. The van der Waals surface area contributed by atoms with Gasteiger partial charge in [0.05, 0.1) is 6.61 Å². The minimum absolute atomic E-state index is 0.000268. The first-order valence-electron chi connectivity index (χ1n) is 13.0. The highest BCUT2D eigenvalue weighted by atomic mass is 16.9. The summed E-state index contributed by atoms with van der Waals surface area (Å²) < 4.78 is 5.59. The van der Waals surface area contributed by atoms with Crippen molar-refractivity contribution in [2.24, 2.45) is 17.3 Å². The molecule has 10 nitrogen and oxygen atoms in total. The maximum atomic E-state index is 12.8. The normalized spacial score (nSPS) is 22.1. The van der Waals surface area contributed by atoms with Crippen LogP contribution in [0.2, 0.25) is 0 Å². The van der Waals surface area contributed by atoms with E-state index in [0.29, 0.717) is 18.1 Å². The fourth-order valence-corrected chi connectivity index (χ4v) is 6.04. The van der Waals surface area contributed by atoms with E-state index in [9.17, 15) is 29.6 Å². The van der Waals surface area contributed by atoms with Crippen molar-refractivity contribution in [3.8, 4) is 11.5 Å². The number of phenols is 1. The number of aromatic hydroxyl groups is 1. The topological polar surface area (TPSA) is 153 Å². The number of carbonyl (C=O) groups excluding carboxylic acids is 2. The van der Waals surface area contributed by atoms with Gasteiger partial charge in [0.25, 0.3) is 5.09 Å². The second kappa shape index (κ2) is 11.5. The van der Waals surface area contributed by atoms with E-state index in [-0.39, 0.29) is 53.5 Å². The summed E-state index contributed by atoms with van der Waals surface area (Å²) in [6, 6.07) is 3.39. The molecule has 2 N–H and O–H groups in total. The predicted octanol–water partition coefficient (Wildman–Crippen LogP) is 5.09.